The first-order valence-electron chi connectivity index (χ1n) is 15.7. The maximum Gasteiger partial charge on any atom is 0.201 e. The number of hydrogen-bond acceptors (Lipinski definition) is 0. The van der Waals surface area contributed by atoms with Gasteiger partial charge in [0.15, 0.2) is 0 Å². The van der Waals surface area contributed by atoms with Crippen molar-refractivity contribution in [2.45, 2.75) is 49.7 Å². The van der Waals surface area contributed by atoms with Crippen molar-refractivity contribution >= 4 is 31.4 Å². The summed E-state index contributed by atoms with van der Waals surface area (Å²) in [5.41, 5.74) is 10.1. The molecule has 0 radical (unpaired) electrons. The highest BCUT2D eigenvalue weighted by Crippen LogP contribution is 2.63. The topological polar surface area (TPSA) is 0 Å². The van der Waals surface area contributed by atoms with E-state index in [9.17, 15) is 0 Å². The van der Waals surface area contributed by atoms with E-state index in [4.69, 9.17) is 0 Å². The molecule has 0 N–H and O–H groups in total. The molecule has 0 saturated heterocycles. The molecule has 6 rings (SSSR count). The highest BCUT2D eigenvalue weighted by Gasteiger charge is 2.66. The highest BCUT2D eigenvalue weighted by molar-refractivity contribution is 7.03. The van der Waals surface area contributed by atoms with Crippen LogP contribution in [0.4, 0.5) is 0 Å². The summed E-state index contributed by atoms with van der Waals surface area (Å²) in [7, 11) is -2.07. The molecule has 0 aliphatic carbocycles. The summed E-state index contributed by atoms with van der Waals surface area (Å²) >= 11 is 0. The summed E-state index contributed by atoms with van der Waals surface area (Å²) in [6, 6.07) is 60.9. The van der Waals surface area contributed by atoms with Crippen molar-refractivity contribution in [2.24, 2.45) is 0 Å². The van der Waals surface area contributed by atoms with Gasteiger partial charge < -0.3 is 0 Å². The van der Waals surface area contributed by atoms with Crippen molar-refractivity contribution in [2.75, 3.05) is 0 Å². The predicted molar refractivity (Wildman–Crippen MR) is 186 cm³/mol. The van der Waals surface area contributed by atoms with Gasteiger partial charge in [0, 0.05) is 4.94 Å². The van der Waals surface area contributed by atoms with Crippen LogP contribution >= 0.6 is 0 Å². The number of allylic oxidation sites excluding steroid dienone is 2. The van der Waals surface area contributed by atoms with Gasteiger partial charge in [0.05, 0.1) is 8.07 Å². The van der Waals surface area contributed by atoms with Crippen LogP contribution in [0.25, 0.3) is 11.1 Å². The Labute approximate surface area is 254 Å². The summed E-state index contributed by atoms with van der Waals surface area (Å²) < 4.78 is 0. The fourth-order valence-corrected chi connectivity index (χ4v) is 14.3. The van der Waals surface area contributed by atoms with E-state index in [-0.39, 0.29) is 17.5 Å². The van der Waals surface area contributed by atoms with Crippen molar-refractivity contribution in [3.8, 4) is 0 Å². The smallest absolute Gasteiger partial charge is 0.0780 e. The minimum atomic E-state index is -2.07. The maximum atomic E-state index is 2.49. The molecule has 0 amide bonds. The average Bonchev–Trinajstić information content (AvgIpc) is 3.41. The first-order valence-corrected chi connectivity index (χ1v) is 18.3. The molecule has 1 aliphatic rings. The Hall–Kier alpha value is -3.88. The summed E-state index contributed by atoms with van der Waals surface area (Å²) in [6.45, 7) is 7.74. The van der Waals surface area contributed by atoms with Gasteiger partial charge in [-0.25, -0.2) is 0 Å². The molecule has 0 spiro atoms. The van der Waals surface area contributed by atoms with Gasteiger partial charge in [0.1, 0.15) is 0 Å². The number of hydrogen-bond donors (Lipinski definition) is 0. The monoisotopic (exact) mass is 560 g/mol. The Morgan fingerprint density at radius 2 is 0.952 bits per heavy atom. The van der Waals surface area contributed by atoms with Gasteiger partial charge >= 0.3 is 0 Å². The van der Waals surface area contributed by atoms with E-state index >= 15 is 0 Å². The van der Waals surface area contributed by atoms with Crippen molar-refractivity contribution in [1.82, 2.24) is 0 Å². The average molecular weight is 561 g/mol. The third-order valence-corrected chi connectivity index (χ3v) is 16.9. The molecule has 208 valence electrons. The summed E-state index contributed by atoms with van der Waals surface area (Å²) in [5, 5.41) is 0. The molecule has 0 fully saturated rings. The minimum Gasteiger partial charge on any atom is -0.0780 e. The third-order valence-electron chi connectivity index (χ3n) is 10.3. The fourth-order valence-electron chi connectivity index (χ4n) is 8.50. The van der Waals surface area contributed by atoms with Gasteiger partial charge in [0.25, 0.3) is 0 Å². The van der Waals surface area contributed by atoms with E-state index in [2.05, 4.69) is 172 Å². The molecular formula is C40H41BSi. The van der Waals surface area contributed by atoms with Crippen molar-refractivity contribution in [3.05, 3.63) is 174 Å². The second kappa shape index (κ2) is 12.2. The van der Waals surface area contributed by atoms with Crippen LogP contribution in [0.15, 0.2) is 152 Å². The lowest BCUT2D eigenvalue weighted by molar-refractivity contribution is 0.944. The molecule has 2 atom stereocenters. The van der Waals surface area contributed by atoms with Gasteiger partial charge in [0.2, 0.25) is 6.71 Å². The lowest BCUT2D eigenvalue weighted by atomic mass is 9.29. The van der Waals surface area contributed by atoms with Crippen LogP contribution in [-0.2, 0) is 4.94 Å². The Morgan fingerprint density at radius 3 is 1.45 bits per heavy atom. The van der Waals surface area contributed by atoms with Gasteiger partial charge in [-0.15, -0.1) is 0 Å². The molecule has 0 nitrogen and oxygen atoms in total. The van der Waals surface area contributed by atoms with Crippen LogP contribution < -0.4 is 5.46 Å². The van der Waals surface area contributed by atoms with E-state index in [1.165, 1.54) is 51.4 Å². The molecule has 5 aromatic rings. The summed E-state index contributed by atoms with van der Waals surface area (Å²) in [4.78, 5) is -0.138. The van der Waals surface area contributed by atoms with Gasteiger partial charge in [-0.05, 0) is 39.2 Å². The lowest BCUT2D eigenvalue weighted by Crippen LogP contribution is -2.66. The zero-order valence-corrected chi connectivity index (χ0v) is 26.2. The minimum absolute atomic E-state index is 0.138. The van der Waals surface area contributed by atoms with Gasteiger partial charge in [-0.1, -0.05) is 196 Å². The zero-order chi connectivity index (χ0) is 29.0. The summed E-state index contributed by atoms with van der Waals surface area (Å²) in [6.07, 6.45) is 0. The van der Waals surface area contributed by atoms with E-state index < -0.39 is 8.07 Å². The van der Waals surface area contributed by atoms with Crippen molar-refractivity contribution in [3.63, 3.8) is 0 Å². The molecule has 0 bridgehead atoms. The second-order valence-electron chi connectivity index (χ2n) is 11.8. The summed E-state index contributed by atoms with van der Waals surface area (Å²) in [5.74, 6) is 0.211. The van der Waals surface area contributed by atoms with E-state index in [0.717, 1.165) is 0 Å². The van der Waals surface area contributed by atoms with Gasteiger partial charge in [-0.3, -0.25) is 0 Å². The van der Waals surface area contributed by atoms with E-state index in [0.29, 0.717) is 0 Å². The Kier molecular flexibility index (Phi) is 8.18. The van der Waals surface area contributed by atoms with Crippen LogP contribution in [-0.4, -0.2) is 14.8 Å². The Balaban J connectivity index is 1.89. The molecule has 2 heteroatoms. The van der Waals surface area contributed by atoms with Crippen LogP contribution in [0.1, 0.15) is 48.8 Å². The maximum absolute atomic E-state index is 2.49. The Bertz CT molecular complexity index is 1600. The molecule has 1 aliphatic heterocycles. The van der Waals surface area contributed by atoms with Crippen molar-refractivity contribution < 1.29 is 0 Å². The molecule has 1 heterocycles. The van der Waals surface area contributed by atoms with Crippen LogP contribution in [0.2, 0.25) is 18.1 Å². The molecule has 1 unspecified atom stereocenters. The third kappa shape index (κ3) is 4.44. The normalized spacial score (nSPS) is 18.8. The fraction of sp³-hybridized carbons (Fsp3) is 0.200. The van der Waals surface area contributed by atoms with Gasteiger partial charge in [-0.2, -0.15) is 0 Å². The van der Waals surface area contributed by atoms with Crippen molar-refractivity contribution in [1.29, 1.82) is 0 Å². The van der Waals surface area contributed by atoms with Crippen LogP contribution in [0.5, 0.6) is 0 Å². The molecule has 0 aromatic heterocycles. The molecular weight excluding hydrogens is 519 g/mol. The first-order chi connectivity index (χ1) is 20.7. The lowest BCUT2D eigenvalue weighted by Gasteiger charge is -2.53. The Morgan fingerprint density at radius 1 is 0.524 bits per heavy atom. The quantitative estimate of drug-likeness (QED) is 0.157. The SMILES string of the molecule is CC[Si](CC)(CC)C1(c2ccccc2)B(c2ccccc2)[C@@H](c2ccccc2)C(c2ccccc2)=C1c1ccccc1. The largest absolute Gasteiger partial charge is 0.201 e. The zero-order valence-electron chi connectivity index (χ0n) is 25.2. The first kappa shape index (κ1) is 28.3. The second-order valence-corrected chi connectivity index (χ2v) is 17.3. The van der Waals surface area contributed by atoms with E-state index in [1.807, 2.05) is 0 Å². The predicted octanol–water partition coefficient (Wildman–Crippen LogP) is 9.86. The number of benzene rings is 5. The molecule has 42 heavy (non-hydrogen) atoms. The highest BCUT2D eigenvalue weighted by atomic mass is 28.3. The standard InChI is InChI=1S/C40H41BSi/c1-4-42(5-2,6-3)40(35-28-18-10-19-29-35)38(33-24-14-8-15-25-33)37(32-22-12-7-13-23-32)39(34-26-16-9-17-27-34)41(40)36-30-20-11-21-31-36/h7-31,39H,4-6H2,1-3H3/t39-,40?/m0/s1. The van der Waals surface area contributed by atoms with Crippen LogP contribution in [0.3, 0.4) is 0 Å². The van der Waals surface area contributed by atoms with E-state index in [1.54, 1.807) is 5.57 Å². The van der Waals surface area contributed by atoms with Crippen LogP contribution in [0, 0.1) is 0 Å². The molecule has 0 saturated carbocycles. The molecule has 5 aromatic carbocycles. The number of rotatable bonds is 9.